The summed E-state index contributed by atoms with van der Waals surface area (Å²) in [6.45, 7) is 2.75. The lowest BCUT2D eigenvalue weighted by Gasteiger charge is -2.31. The SMILES string of the molecule is CCc1ccc(S(=O)(=O)NC[C@@H]2COC3(CCCCC3)O2)s1. The molecule has 2 aliphatic rings. The minimum absolute atomic E-state index is 0.196. The third-order valence-corrected chi connectivity index (χ3v) is 7.43. The van der Waals surface area contributed by atoms with E-state index in [2.05, 4.69) is 4.72 Å². The zero-order valence-electron chi connectivity index (χ0n) is 12.8. The summed E-state index contributed by atoms with van der Waals surface area (Å²) in [5.74, 6) is -0.452. The van der Waals surface area contributed by atoms with Crippen molar-refractivity contribution in [1.29, 1.82) is 0 Å². The van der Waals surface area contributed by atoms with Crippen LogP contribution in [0, 0.1) is 0 Å². The standard InChI is InChI=1S/C15H23NO4S2/c1-2-13-6-7-14(21-13)22(17,18)16-10-12-11-19-15(20-12)8-4-3-5-9-15/h6-7,12,16H,2-5,8-11H2,1H3/t12-/m1/s1. The van der Waals surface area contributed by atoms with Crippen molar-refractivity contribution >= 4 is 21.4 Å². The second-order valence-corrected chi connectivity index (χ2v) is 9.11. The third-order valence-electron chi connectivity index (χ3n) is 4.28. The minimum atomic E-state index is -3.45. The molecule has 124 valence electrons. The molecule has 1 saturated heterocycles. The fraction of sp³-hybridized carbons (Fsp3) is 0.733. The first-order valence-electron chi connectivity index (χ1n) is 7.93. The molecule has 1 spiro atoms. The molecule has 2 heterocycles. The molecular weight excluding hydrogens is 322 g/mol. The van der Waals surface area contributed by atoms with E-state index in [-0.39, 0.29) is 12.6 Å². The number of sulfonamides is 1. The van der Waals surface area contributed by atoms with E-state index in [1.165, 1.54) is 17.8 Å². The van der Waals surface area contributed by atoms with Crippen LogP contribution in [-0.4, -0.2) is 33.5 Å². The van der Waals surface area contributed by atoms with Gasteiger partial charge in [0, 0.05) is 24.3 Å². The van der Waals surface area contributed by atoms with Crippen LogP contribution in [0.4, 0.5) is 0 Å². The van der Waals surface area contributed by atoms with Crippen LogP contribution in [0.15, 0.2) is 16.3 Å². The van der Waals surface area contributed by atoms with Crippen LogP contribution in [-0.2, 0) is 25.9 Å². The highest BCUT2D eigenvalue weighted by atomic mass is 32.2. The van der Waals surface area contributed by atoms with Gasteiger partial charge in [-0.1, -0.05) is 13.3 Å². The number of hydrogen-bond donors (Lipinski definition) is 1. The number of thiophene rings is 1. The molecule has 1 aliphatic heterocycles. The van der Waals surface area contributed by atoms with Gasteiger partial charge in [-0.3, -0.25) is 0 Å². The average Bonchev–Trinajstić information content (AvgIpc) is 3.14. The molecule has 7 heteroatoms. The number of nitrogens with one attached hydrogen (secondary N) is 1. The molecule has 3 rings (SSSR count). The Morgan fingerprint density at radius 2 is 2.09 bits per heavy atom. The maximum atomic E-state index is 12.3. The van der Waals surface area contributed by atoms with E-state index >= 15 is 0 Å². The Morgan fingerprint density at radius 3 is 2.77 bits per heavy atom. The maximum absolute atomic E-state index is 12.3. The minimum Gasteiger partial charge on any atom is -0.347 e. The monoisotopic (exact) mass is 345 g/mol. The van der Waals surface area contributed by atoms with Crippen molar-refractivity contribution in [2.45, 2.75) is 61.5 Å². The first-order chi connectivity index (χ1) is 10.5. The Balaban J connectivity index is 1.56. The molecule has 22 heavy (non-hydrogen) atoms. The van der Waals surface area contributed by atoms with Crippen molar-refractivity contribution in [2.75, 3.05) is 13.2 Å². The Bertz CT molecular complexity index is 605. The zero-order chi connectivity index (χ0) is 15.6. The molecule has 0 aromatic carbocycles. The third kappa shape index (κ3) is 3.54. The van der Waals surface area contributed by atoms with E-state index in [1.807, 2.05) is 13.0 Å². The van der Waals surface area contributed by atoms with E-state index < -0.39 is 15.8 Å². The quantitative estimate of drug-likeness (QED) is 0.891. The fourth-order valence-electron chi connectivity index (χ4n) is 3.04. The normalized spacial score (nSPS) is 24.9. The summed E-state index contributed by atoms with van der Waals surface area (Å²) in [5.41, 5.74) is 0. The van der Waals surface area contributed by atoms with E-state index in [4.69, 9.17) is 9.47 Å². The number of rotatable bonds is 5. The second kappa shape index (κ2) is 6.57. The van der Waals surface area contributed by atoms with Crippen molar-refractivity contribution in [2.24, 2.45) is 0 Å². The summed E-state index contributed by atoms with van der Waals surface area (Å²) in [6.07, 6.45) is 5.95. The van der Waals surface area contributed by atoms with Crippen LogP contribution < -0.4 is 4.72 Å². The van der Waals surface area contributed by atoms with E-state index in [0.29, 0.717) is 10.8 Å². The Morgan fingerprint density at radius 1 is 1.32 bits per heavy atom. The number of hydrogen-bond acceptors (Lipinski definition) is 5. The first kappa shape index (κ1) is 16.4. The van der Waals surface area contributed by atoms with Crippen LogP contribution in [0.5, 0.6) is 0 Å². The van der Waals surface area contributed by atoms with Crippen LogP contribution >= 0.6 is 11.3 Å². The summed E-state index contributed by atoms with van der Waals surface area (Å²) in [4.78, 5) is 1.07. The summed E-state index contributed by atoms with van der Waals surface area (Å²) < 4.78 is 39.4. The molecule has 1 aromatic rings. The van der Waals surface area contributed by atoms with Crippen molar-refractivity contribution in [3.63, 3.8) is 0 Å². The molecule has 0 amide bonds. The van der Waals surface area contributed by atoms with Crippen LogP contribution in [0.25, 0.3) is 0 Å². The maximum Gasteiger partial charge on any atom is 0.250 e. The average molecular weight is 345 g/mol. The molecule has 0 unspecified atom stereocenters. The predicted octanol–water partition coefficient (Wildman–Crippen LogP) is 2.66. The van der Waals surface area contributed by atoms with Crippen LogP contribution in [0.1, 0.15) is 43.9 Å². The highest BCUT2D eigenvalue weighted by molar-refractivity contribution is 7.91. The second-order valence-electron chi connectivity index (χ2n) is 5.95. The Hall–Kier alpha value is -0.470. The van der Waals surface area contributed by atoms with Crippen molar-refractivity contribution in [3.05, 3.63) is 17.0 Å². The van der Waals surface area contributed by atoms with Gasteiger partial charge in [0.15, 0.2) is 5.79 Å². The summed E-state index contributed by atoms with van der Waals surface area (Å²) in [6, 6.07) is 3.53. The lowest BCUT2D eigenvalue weighted by Crippen LogP contribution is -2.37. The zero-order valence-corrected chi connectivity index (χ0v) is 14.5. The van der Waals surface area contributed by atoms with Crippen molar-refractivity contribution in [1.82, 2.24) is 4.72 Å². The van der Waals surface area contributed by atoms with Crippen molar-refractivity contribution < 1.29 is 17.9 Å². The van der Waals surface area contributed by atoms with Gasteiger partial charge in [-0.2, -0.15) is 0 Å². The van der Waals surface area contributed by atoms with Gasteiger partial charge >= 0.3 is 0 Å². The van der Waals surface area contributed by atoms with Gasteiger partial charge in [0.2, 0.25) is 10.0 Å². The summed E-state index contributed by atoms with van der Waals surface area (Å²) >= 11 is 1.32. The molecule has 1 aromatic heterocycles. The Labute approximate surface area is 136 Å². The molecule has 1 atom stereocenters. The smallest absolute Gasteiger partial charge is 0.250 e. The van der Waals surface area contributed by atoms with Gasteiger partial charge in [-0.15, -0.1) is 11.3 Å². The molecular formula is C15H23NO4S2. The lowest BCUT2D eigenvalue weighted by atomic mass is 9.94. The van der Waals surface area contributed by atoms with Gasteiger partial charge in [-0.05, 0) is 31.4 Å². The van der Waals surface area contributed by atoms with E-state index in [0.717, 1.165) is 37.0 Å². The van der Waals surface area contributed by atoms with Crippen molar-refractivity contribution in [3.8, 4) is 0 Å². The summed E-state index contributed by atoms with van der Waals surface area (Å²) in [5, 5.41) is 0. The van der Waals surface area contributed by atoms with Gasteiger partial charge in [0.1, 0.15) is 4.21 Å². The molecule has 0 radical (unpaired) electrons. The Kier molecular flexibility index (Phi) is 4.89. The molecule has 0 bridgehead atoms. The van der Waals surface area contributed by atoms with Crippen LogP contribution in [0.2, 0.25) is 0 Å². The summed E-state index contributed by atoms with van der Waals surface area (Å²) in [7, 11) is -3.45. The highest BCUT2D eigenvalue weighted by Gasteiger charge is 2.42. The van der Waals surface area contributed by atoms with Crippen LogP contribution in [0.3, 0.4) is 0 Å². The van der Waals surface area contributed by atoms with Gasteiger partial charge in [-0.25, -0.2) is 13.1 Å². The molecule has 1 saturated carbocycles. The molecule has 2 fully saturated rings. The number of aryl methyl sites for hydroxylation is 1. The highest BCUT2D eigenvalue weighted by Crippen LogP contribution is 2.37. The molecule has 1 aliphatic carbocycles. The van der Waals surface area contributed by atoms with Gasteiger partial charge in [0.05, 0.1) is 12.7 Å². The van der Waals surface area contributed by atoms with Gasteiger partial charge in [0.25, 0.3) is 0 Å². The predicted molar refractivity (Wildman–Crippen MR) is 85.5 cm³/mol. The molecule has 1 N–H and O–H groups in total. The largest absolute Gasteiger partial charge is 0.347 e. The van der Waals surface area contributed by atoms with Gasteiger partial charge < -0.3 is 9.47 Å². The van der Waals surface area contributed by atoms with E-state index in [1.54, 1.807) is 6.07 Å². The first-order valence-corrected chi connectivity index (χ1v) is 10.2. The molecule has 5 nitrogen and oxygen atoms in total. The van der Waals surface area contributed by atoms with E-state index in [9.17, 15) is 8.42 Å². The lowest BCUT2D eigenvalue weighted by molar-refractivity contribution is -0.186. The fourth-order valence-corrected chi connectivity index (χ4v) is 5.44. The number of ether oxygens (including phenoxy) is 2. The topological polar surface area (TPSA) is 64.6 Å².